The molecule has 166 valence electrons. The Labute approximate surface area is 202 Å². The van der Waals surface area contributed by atoms with Crippen LogP contribution in [0.2, 0.25) is 10.0 Å². The molecule has 3 aromatic carbocycles. The van der Waals surface area contributed by atoms with Crippen molar-refractivity contribution in [3.63, 3.8) is 0 Å². The minimum absolute atomic E-state index is 0.171. The highest BCUT2D eigenvalue weighted by Gasteiger charge is 2.34. The van der Waals surface area contributed by atoms with E-state index in [0.29, 0.717) is 21.7 Å². The fourth-order valence-electron chi connectivity index (χ4n) is 3.34. The molecule has 0 fully saturated rings. The molecule has 0 aromatic heterocycles. The van der Waals surface area contributed by atoms with Crippen LogP contribution in [0, 0.1) is 11.3 Å². The standard InChI is InChI=1S/C24H17BrCl2F3NO/c1-2-3-21(14-4-7-16(26)8-5-14)32-22-11-9-19(25)17(13-31)23(22)15-6-10-20(27)18(12-15)24(28,29)30/h4-12,21H,2-3H2,1H3. The van der Waals surface area contributed by atoms with Gasteiger partial charge in [0.1, 0.15) is 17.9 Å². The van der Waals surface area contributed by atoms with E-state index in [2.05, 4.69) is 22.0 Å². The largest absolute Gasteiger partial charge is 0.485 e. The molecule has 0 heterocycles. The van der Waals surface area contributed by atoms with Crippen molar-refractivity contribution in [1.82, 2.24) is 0 Å². The lowest BCUT2D eigenvalue weighted by molar-refractivity contribution is -0.137. The van der Waals surface area contributed by atoms with Crippen LogP contribution in [0.15, 0.2) is 59.1 Å². The van der Waals surface area contributed by atoms with Crippen molar-refractivity contribution < 1.29 is 17.9 Å². The molecule has 2 nitrogen and oxygen atoms in total. The van der Waals surface area contributed by atoms with Crippen molar-refractivity contribution in [2.75, 3.05) is 0 Å². The van der Waals surface area contributed by atoms with Crippen LogP contribution < -0.4 is 4.74 Å². The molecule has 0 aliphatic heterocycles. The number of hydrogen-bond acceptors (Lipinski definition) is 2. The maximum Gasteiger partial charge on any atom is 0.417 e. The van der Waals surface area contributed by atoms with E-state index in [1.165, 1.54) is 12.1 Å². The van der Waals surface area contributed by atoms with Crippen molar-refractivity contribution in [3.05, 3.63) is 85.8 Å². The highest BCUT2D eigenvalue weighted by Crippen LogP contribution is 2.43. The number of hydrogen-bond donors (Lipinski definition) is 0. The van der Waals surface area contributed by atoms with Crippen LogP contribution in [-0.4, -0.2) is 0 Å². The first-order valence-corrected chi connectivity index (χ1v) is 11.2. The average Bonchev–Trinajstić information content (AvgIpc) is 2.74. The summed E-state index contributed by atoms with van der Waals surface area (Å²) in [6.07, 6.45) is -3.55. The van der Waals surface area contributed by atoms with Crippen molar-refractivity contribution in [2.45, 2.75) is 32.0 Å². The van der Waals surface area contributed by atoms with Crippen LogP contribution in [0.1, 0.15) is 42.6 Å². The van der Waals surface area contributed by atoms with Crippen LogP contribution in [0.5, 0.6) is 5.75 Å². The topological polar surface area (TPSA) is 33.0 Å². The summed E-state index contributed by atoms with van der Waals surface area (Å²) >= 11 is 15.1. The molecule has 0 radical (unpaired) electrons. The van der Waals surface area contributed by atoms with Crippen molar-refractivity contribution in [1.29, 1.82) is 5.26 Å². The van der Waals surface area contributed by atoms with Crippen LogP contribution in [0.25, 0.3) is 11.1 Å². The van der Waals surface area contributed by atoms with Gasteiger partial charge in [-0.25, -0.2) is 0 Å². The average molecular weight is 543 g/mol. The van der Waals surface area contributed by atoms with Crippen molar-refractivity contribution in [2.24, 2.45) is 0 Å². The van der Waals surface area contributed by atoms with Gasteiger partial charge in [-0.3, -0.25) is 0 Å². The van der Waals surface area contributed by atoms with Gasteiger partial charge >= 0.3 is 6.18 Å². The zero-order chi connectivity index (χ0) is 23.5. The first kappa shape index (κ1) is 24.4. The molecule has 0 bridgehead atoms. The van der Waals surface area contributed by atoms with E-state index in [1.807, 2.05) is 19.1 Å². The molecule has 0 aliphatic rings. The van der Waals surface area contributed by atoms with E-state index in [9.17, 15) is 18.4 Å². The maximum atomic E-state index is 13.5. The molecule has 0 saturated heterocycles. The molecule has 32 heavy (non-hydrogen) atoms. The first-order chi connectivity index (χ1) is 15.2. The van der Waals surface area contributed by atoms with Gasteiger partial charge in [0, 0.05) is 15.1 Å². The molecule has 1 atom stereocenters. The Morgan fingerprint density at radius 3 is 2.34 bits per heavy atom. The zero-order valence-corrected chi connectivity index (χ0v) is 19.9. The summed E-state index contributed by atoms with van der Waals surface area (Å²) in [5, 5.41) is 9.92. The van der Waals surface area contributed by atoms with E-state index < -0.39 is 16.8 Å². The Hall–Kier alpha value is -2.20. The predicted octanol–water partition coefficient (Wildman–Crippen LogP) is 9.23. The van der Waals surface area contributed by atoms with Gasteiger partial charge in [-0.05, 0) is 69.9 Å². The monoisotopic (exact) mass is 541 g/mol. The molecule has 8 heteroatoms. The van der Waals surface area contributed by atoms with Gasteiger partial charge in [0.15, 0.2) is 0 Å². The summed E-state index contributed by atoms with van der Waals surface area (Å²) in [5.74, 6) is 0.300. The summed E-state index contributed by atoms with van der Waals surface area (Å²) in [5.41, 5.74) is 0.509. The number of nitriles is 1. The molecule has 3 rings (SSSR count). The van der Waals surface area contributed by atoms with E-state index in [1.54, 1.807) is 24.3 Å². The van der Waals surface area contributed by atoms with Crippen LogP contribution in [-0.2, 0) is 6.18 Å². The summed E-state index contributed by atoms with van der Waals surface area (Å²) in [4.78, 5) is 0. The summed E-state index contributed by atoms with van der Waals surface area (Å²) in [7, 11) is 0. The lowest BCUT2D eigenvalue weighted by Crippen LogP contribution is -2.09. The highest BCUT2D eigenvalue weighted by molar-refractivity contribution is 9.10. The lowest BCUT2D eigenvalue weighted by Gasteiger charge is -2.23. The Bertz CT molecular complexity index is 1160. The Morgan fingerprint density at radius 1 is 1.06 bits per heavy atom. The maximum absolute atomic E-state index is 13.5. The van der Waals surface area contributed by atoms with Crippen LogP contribution in [0.3, 0.4) is 0 Å². The third kappa shape index (κ3) is 5.40. The third-order valence-electron chi connectivity index (χ3n) is 4.85. The van der Waals surface area contributed by atoms with E-state index in [4.69, 9.17) is 27.9 Å². The molecule has 1 unspecified atom stereocenters. The van der Waals surface area contributed by atoms with Crippen molar-refractivity contribution >= 4 is 39.1 Å². The molecule has 0 aliphatic carbocycles. The number of benzene rings is 3. The number of ether oxygens (including phenoxy) is 1. The number of halogens is 6. The molecular weight excluding hydrogens is 526 g/mol. The number of nitrogens with zero attached hydrogens (tertiary/aromatic N) is 1. The van der Waals surface area contributed by atoms with Crippen molar-refractivity contribution in [3.8, 4) is 22.9 Å². The second kappa shape index (κ2) is 10.2. The normalized spacial score (nSPS) is 12.3. The summed E-state index contributed by atoms with van der Waals surface area (Å²) in [6.45, 7) is 2.00. The first-order valence-electron chi connectivity index (χ1n) is 9.67. The van der Waals surface area contributed by atoms with Gasteiger partial charge in [0.25, 0.3) is 0 Å². The lowest BCUT2D eigenvalue weighted by atomic mass is 9.97. The molecule has 0 amide bonds. The van der Waals surface area contributed by atoms with Crippen LogP contribution >= 0.6 is 39.1 Å². The van der Waals surface area contributed by atoms with Gasteiger partial charge in [0.2, 0.25) is 0 Å². The quantitative estimate of drug-likeness (QED) is 0.311. The number of rotatable bonds is 6. The Kier molecular flexibility index (Phi) is 7.76. The van der Waals surface area contributed by atoms with E-state index in [0.717, 1.165) is 18.1 Å². The fraction of sp³-hybridized carbons (Fsp3) is 0.208. The van der Waals surface area contributed by atoms with E-state index >= 15 is 0 Å². The minimum Gasteiger partial charge on any atom is -0.485 e. The second-order valence-electron chi connectivity index (χ2n) is 7.05. The van der Waals surface area contributed by atoms with Gasteiger partial charge in [-0.15, -0.1) is 0 Å². The number of alkyl halides is 3. The van der Waals surface area contributed by atoms with Gasteiger partial charge in [-0.2, -0.15) is 18.4 Å². The molecular formula is C24H17BrCl2F3NO. The van der Waals surface area contributed by atoms with E-state index in [-0.39, 0.29) is 22.8 Å². The summed E-state index contributed by atoms with van der Waals surface area (Å²) in [6, 6.07) is 16.1. The smallest absolute Gasteiger partial charge is 0.417 e. The zero-order valence-electron chi connectivity index (χ0n) is 16.8. The SMILES string of the molecule is CCCC(Oc1ccc(Br)c(C#N)c1-c1ccc(Cl)c(C(F)(F)F)c1)c1ccc(Cl)cc1. The Morgan fingerprint density at radius 2 is 1.75 bits per heavy atom. The molecule has 0 saturated carbocycles. The predicted molar refractivity (Wildman–Crippen MR) is 124 cm³/mol. The fourth-order valence-corrected chi connectivity index (χ4v) is 4.11. The van der Waals surface area contributed by atoms with Gasteiger partial charge in [0.05, 0.1) is 16.1 Å². The second-order valence-corrected chi connectivity index (χ2v) is 8.74. The molecule has 3 aromatic rings. The summed E-state index contributed by atoms with van der Waals surface area (Å²) < 4.78 is 47.2. The minimum atomic E-state index is -4.64. The Balaban J connectivity index is 2.16. The third-order valence-corrected chi connectivity index (χ3v) is 6.09. The molecule has 0 spiro atoms. The molecule has 0 N–H and O–H groups in total. The van der Waals surface area contributed by atoms with Crippen LogP contribution in [0.4, 0.5) is 13.2 Å². The van der Waals surface area contributed by atoms with Gasteiger partial charge < -0.3 is 4.74 Å². The van der Waals surface area contributed by atoms with Gasteiger partial charge in [-0.1, -0.05) is 54.7 Å². The highest BCUT2D eigenvalue weighted by atomic mass is 79.9.